The maximum absolute atomic E-state index is 12.3. The number of nitrogens with one attached hydrogen (secondary N) is 2. The van der Waals surface area contributed by atoms with Crippen molar-refractivity contribution in [2.75, 3.05) is 7.11 Å². The van der Waals surface area contributed by atoms with E-state index in [9.17, 15) is 9.59 Å². The molecule has 7 heteroatoms. The highest BCUT2D eigenvalue weighted by atomic mass is 16.5. The van der Waals surface area contributed by atoms with Crippen LogP contribution < -0.4 is 5.32 Å². The summed E-state index contributed by atoms with van der Waals surface area (Å²) in [5.41, 5.74) is 2.26. The predicted molar refractivity (Wildman–Crippen MR) is 87.6 cm³/mol. The second kappa shape index (κ2) is 6.49. The van der Waals surface area contributed by atoms with Crippen molar-refractivity contribution in [2.24, 2.45) is 0 Å². The van der Waals surface area contributed by atoms with E-state index in [1.165, 1.54) is 25.4 Å². The zero-order valence-corrected chi connectivity index (χ0v) is 13.2. The molecule has 7 nitrogen and oxygen atoms in total. The molecular weight excluding hydrogens is 308 g/mol. The fraction of sp³-hybridized carbons (Fsp3) is 0.176. The van der Waals surface area contributed by atoms with Crippen molar-refractivity contribution in [1.82, 2.24) is 20.3 Å². The number of fused-ring (bicyclic) bond motifs is 1. The van der Waals surface area contributed by atoms with E-state index in [1.807, 2.05) is 31.2 Å². The van der Waals surface area contributed by atoms with Gasteiger partial charge in [-0.05, 0) is 31.2 Å². The minimum absolute atomic E-state index is 0.214. The first-order valence-electron chi connectivity index (χ1n) is 7.38. The number of H-pyrrole nitrogens is 1. The number of aromatic nitrogens is 3. The standard InChI is InChI=1S/C17H16N4O3/c1-10(15-20-12-5-3-4-6-13(12)21-15)19-16(22)14-8-7-11(9-18-14)17(23)24-2/h3-10H,1-2H3,(H,19,22)(H,20,21). The third-order valence-corrected chi connectivity index (χ3v) is 3.58. The van der Waals surface area contributed by atoms with Gasteiger partial charge in [0.15, 0.2) is 0 Å². The molecule has 0 saturated carbocycles. The van der Waals surface area contributed by atoms with Gasteiger partial charge >= 0.3 is 5.97 Å². The zero-order chi connectivity index (χ0) is 17.1. The quantitative estimate of drug-likeness (QED) is 0.717. The molecule has 2 heterocycles. The minimum Gasteiger partial charge on any atom is -0.465 e. The van der Waals surface area contributed by atoms with Crippen LogP contribution in [0.2, 0.25) is 0 Å². The maximum atomic E-state index is 12.3. The smallest absolute Gasteiger partial charge is 0.339 e. The monoisotopic (exact) mass is 324 g/mol. The molecule has 1 unspecified atom stereocenters. The van der Waals surface area contributed by atoms with Gasteiger partial charge in [-0.15, -0.1) is 0 Å². The van der Waals surface area contributed by atoms with E-state index in [0.717, 1.165) is 11.0 Å². The number of esters is 1. The summed E-state index contributed by atoms with van der Waals surface area (Å²) in [6.45, 7) is 1.83. The molecule has 0 aliphatic heterocycles. The highest BCUT2D eigenvalue weighted by Crippen LogP contribution is 2.15. The van der Waals surface area contributed by atoms with Crippen LogP contribution in [0.5, 0.6) is 0 Å². The molecule has 2 aromatic heterocycles. The average Bonchev–Trinajstić information content (AvgIpc) is 3.05. The van der Waals surface area contributed by atoms with Crippen molar-refractivity contribution < 1.29 is 14.3 Å². The SMILES string of the molecule is COC(=O)c1ccc(C(=O)NC(C)c2nc3ccccc3[nH]2)nc1. The number of imidazole rings is 1. The summed E-state index contributed by atoms with van der Waals surface area (Å²) in [5.74, 6) is -0.180. The molecule has 1 aromatic carbocycles. The summed E-state index contributed by atoms with van der Waals surface area (Å²) >= 11 is 0. The van der Waals surface area contributed by atoms with E-state index in [4.69, 9.17) is 0 Å². The lowest BCUT2D eigenvalue weighted by molar-refractivity contribution is 0.0599. The number of benzene rings is 1. The highest BCUT2D eigenvalue weighted by Gasteiger charge is 2.16. The Morgan fingerprint density at radius 1 is 1.21 bits per heavy atom. The van der Waals surface area contributed by atoms with Crippen molar-refractivity contribution in [3.8, 4) is 0 Å². The molecule has 122 valence electrons. The van der Waals surface area contributed by atoms with Gasteiger partial charge < -0.3 is 15.0 Å². The molecule has 0 spiro atoms. The molecule has 3 rings (SSSR count). The lowest BCUT2D eigenvalue weighted by atomic mass is 10.2. The number of para-hydroxylation sites is 2. The molecule has 0 bridgehead atoms. The number of carbonyl (C=O) groups excluding carboxylic acids is 2. The van der Waals surface area contributed by atoms with Gasteiger partial charge in [-0.3, -0.25) is 9.78 Å². The Hall–Kier alpha value is -3.22. The van der Waals surface area contributed by atoms with E-state index in [2.05, 4.69) is 25.0 Å². The molecule has 0 radical (unpaired) electrons. The lowest BCUT2D eigenvalue weighted by Gasteiger charge is -2.11. The van der Waals surface area contributed by atoms with Crippen LogP contribution >= 0.6 is 0 Å². The van der Waals surface area contributed by atoms with Gasteiger partial charge in [-0.1, -0.05) is 12.1 Å². The van der Waals surface area contributed by atoms with Crippen LogP contribution in [0.4, 0.5) is 0 Å². The van der Waals surface area contributed by atoms with E-state index < -0.39 is 5.97 Å². The van der Waals surface area contributed by atoms with Crippen molar-refractivity contribution >= 4 is 22.9 Å². The van der Waals surface area contributed by atoms with Crippen molar-refractivity contribution in [1.29, 1.82) is 0 Å². The third-order valence-electron chi connectivity index (χ3n) is 3.58. The van der Waals surface area contributed by atoms with Crippen LogP contribution in [0.15, 0.2) is 42.6 Å². The minimum atomic E-state index is -0.495. The van der Waals surface area contributed by atoms with Crippen LogP contribution in [-0.4, -0.2) is 33.9 Å². The van der Waals surface area contributed by atoms with Crippen LogP contribution in [0.3, 0.4) is 0 Å². The molecule has 0 saturated heterocycles. The summed E-state index contributed by atoms with van der Waals surface area (Å²) in [7, 11) is 1.29. The van der Waals surface area contributed by atoms with Crippen molar-refractivity contribution in [2.45, 2.75) is 13.0 Å². The fourth-order valence-electron chi connectivity index (χ4n) is 2.28. The Labute approximate surface area is 138 Å². The van der Waals surface area contributed by atoms with Crippen molar-refractivity contribution in [3.63, 3.8) is 0 Å². The summed E-state index contributed by atoms with van der Waals surface area (Å²) in [6, 6.07) is 10.3. The fourth-order valence-corrected chi connectivity index (χ4v) is 2.28. The number of nitrogens with zero attached hydrogens (tertiary/aromatic N) is 2. The Balaban J connectivity index is 1.72. The van der Waals surface area contributed by atoms with Crippen LogP contribution in [-0.2, 0) is 4.74 Å². The first kappa shape index (κ1) is 15.7. The summed E-state index contributed by atoms with van der Waals surface area (Å²) in [5, 5.41) is 2.82. The highest BCUT2D eigenvalue weighted by molar-refractivity contribution is 5.94. The number of methoxy groups -OCH3 is 1. The van der Waals surface area contributed by atoms with Crippen LogP contribution in [0.1, 0.15) is 39.6 Å². The van der Waals surface area contributed by atoms with E-state index in [1.54, 1.807) is 0 Å². The summed E-state index contributed by atoms with van der Waals surface area (Å²) in [6.07, 6.45) is 1.31. The Morgan fingerprint density at radius 2 is 2.00 bits per heavy atom. The van der Waals surface area contributed by atoms with Gasteiger partial charge in [-0.25, -0.2) is 9.78 Å². The summed E-state index contributed by atoms with van der Waals surface area (Å²) < 4.78 is 4.60. The van der Waals surface area contributed by atoms with E-state index >= 15 is 0 Å². The summed E-state index contributed by atoms with van der Waals surface area (Å²) in [4.78, 5) is 35.3. The van der Waals surface area contributed by atoms with Crippen molar-refractivity contribution in [3.05, 3.63) is 59.7 Å². The van der Waals surface area contributed by atoms with E-state index in [0.29, 0.717) is 11.4 Å². The largest absolute Gasteiger partial charge is 0.465 e. The first-order chi connectivity index (χ1) is 11.6. The second-order valence-corrected chi connectivity index (χ2v) is 5.26. The Kier molecular flexibility index (Phi) is 4.24. The number of aromatic amines is 1. The normalized spacial score (nSPS) is 11.9. The van der Waals surface area contributed by atoms with Gasteiger partial charge in [-0.2, -0.15) is 0 Å². The number of amides is 1. The molecular formula is C17H16N4O3. The molecule has 2 N–H and O–H groups in total. The number of hydrogen-bond donors (Lipinski definition) is 2. The lowest BCUT2D eigenvalue weighted by Crippen LogP contribution is -2.28. The van der Waals surface area contributed by atoms with Gasteiger partial charge in [0.1, 0.15) is 11.5 Å². The zero-order valence-electron chi connectivity index (χ0n) is 13.2. The maximum Gasteiger partial charge on any atom is 0.339 e. The predicted octanol–water partition coefficient (Wildman–Crippen LogP) is 2.24. The van der Waals surface area contributed by atoms with Crippen LogP contribution in [0, 0.1) is 0 Å². The van der Waals surface area contributed by atoms with Crippen LogP contribution in [0.25, 0.3) is 11.0 Å². The number of hydrogen-bond acceptors (Lipinski definition) is 5. The molecule has 1 amide bonds. The molecule has 0 aliphatic rings. The van der Waals surface area contributed by atoms with Gasteiger partial charge in [0.2, 0.25) is 0 Å². The topological polar surface area (TPSA) is 97.0 Å². The van der Waals surface area contributed by atoms with Gasteiger partial charge in [0, 0.05) is 6.20 Å². The third kappa shape index (κ3) is 3.10. The first-order valence-corrected chi connectivity index (χ1v) is 7.38. The Bertz CT molecular complexity index is 853. The second-order valence-electron chi connectivity index (χ2n) is 5.26. The van der Waals surface area contributed by atoms with Gasteiger partial charge in [0.25, 0.3) is 5.91 Å². The molecule has 24 heavy (non-hydrogen) atoms. The molecule has 0 fully saturated rings. The molecule has 1 atom stereocenters. The number of ether oxygens (including phenoxy) is 1. The molecule has 0 aliphatic carbocycles. The molecule has 3 aromatic rings. The van der Waals surface area contributed by atoms with Gasteiger partial charge in [0.05, 0.1) is 29.7 Å². The average molecular weight is 324 g/mol. The Morgan fingerprint density at radius 3 is 2.67 bits per heavy atom. The number of carbonyl (C=O) groups is 2. The van der Waals surface area contributed by atoms with E-state index in [-0.39, 0.29) is 17.6 Å². The number of rotatable bonds is 4. The number of pyridine rings is 1.